The molecule has 1 saturated carbocycles. The van der Waals surface area contributed by atoms with Crippen LogP contribution in [-0.4, -0.2) is 29.2 Å². The number of benzene rings is 1. The van der Waals surface area contributed by atoms with Gasteiger partial charge in [0, 0.05) is 23.2 Å². The summed E-state index contributed by atoms with van der Waals surface area (Å²) in [5.74, 6) is -0.278. The number of rotatable bonds is 3. The summed E-state index contributed by atoms with van der Waals surface area (Å²) in [6.45, 7) is 0.505. The van der Waals surface area contributed by atoms with Crippen LogP contribution in [0.1, 0.15) is 31.2 Å². The third-order valence-corrected chi connectivity index (χ3v) is 3.93. The maximum Gasteiger partial charge on any atom is 0.129 e. The minimum absolute atomic E-state index is 0.133. The summed E-state index contributed by atoms with van der Waals surface area (Å²) in [7, 11) is 1.94. The predicted octanol–water partition coefficient (Wildman–Crippen LogP) is 3.21. The van der Waals surface area contributed by atoms with Crippen molar-refractivity contribution < 1.29 is 9.50 Å². The number of aliphatic hydroxyl groups is 1. The third-order valence-electron chi connectivity index (χ3n) is 3.69. The van der Waals surface area contributed by atoms with Gasteiger partial charge < -0.3 is 5.11 Å². The average Bonchev–Trinajstić information content (AvgIpc) is 2.33. The SMILES string of the molecule is CN(Cc1ccc(Cl)cc1F)C1CCCCC1O. The summed E-state index contributed by atoms with van der Waals surface area (Å²) in [5.41, 5.74) is 0.625. The zero-order valence-corrected chi connectivity index (χ0v) is 11.3. The van der Waals surface area contributed by atoms with Crippen molar-refractivity contribution in [3.05, 3.63) is 34.6 Å². The molecular formula is C14H19ClFNO. The van der Waals surface area contributed by atoms with Crippen LogP contribution in [0.5, 0.6) is 0 Å². The molecule has 1 N–H and O–H groups in total. The van der Waals surface area contributed by atoms with E-state index in [2.05, 4.69) is 0 Å². The summed E-state index contributed by atoms with van der Waals surface area (Å²) < 4.78 is 13.7. The minimum atomic E-state index is -0.292. The normalized spacial score (nSPS) is 24.5. The fraction of sp³-hybridized carbons (Fsp3) is 0.571. The van der Waals surface area contributed by atoms with Gasteiger partial charge in [-0.25, -0.2) is 4.39 Å². The lowest BCUT2D eigenvalue weighted by molar-refractivity contribution is 0.0284. The topological polar surface area (TPSA) is 23.5 Å². The average molecular weight is 272 g/mol. The van der Waals surface area contributed by atoms with E-state index in [1.165, 1.54) is 6.07 Å². The molecule has 2 rings (SSSR count). The van der Waals surface area contributed by atoms with Gasteiger partial charge in [-0.05, 0) is 32.0 Å². The summed E-state index contributed by atoms with van der Waals surface area (Å²) in [6, 6.07) is 4.88. The Labute approximate surface area is 112 Å². The fourth-order valence-electron chi connectivity index (χ4n) is 2.64. The molecule has 4 heteroatoms. The van der Waals surface area contributed by atoms with E-state index in [0.717, 1.165) is 25.7 Å². The zero-order valence-electron chi connectivity index (χ0n) is 10.6. The Bertz CT molecular complexity index is 413. The van der Waals surface area contributed by atoms with E-state index in [-0.39, 0.29) is 18.0 Å². The van der Waals surface area contributed by atoms with Crippen molar-refractivity contribution in [3.8, 4) is 0 Å². The second-order valence-corrected chi connectivity index (χ2v) is 5.51. The molecule has 2 unspecified atom stereocenters. The smallest absolute Gasteiger partial charge is 0.129 e. The lowest BCUT2D eigenvalue weighted by atomic mass is 9.91. The van der Waals surface area contributed by atoms with Crippen LogP contribution in [0.4, 0.5) is 4.39 Å². The van der Waals surface area contributed by atoms with Crippen LogP contribution in [0.25, 0.3) is 0 Å². The van der Waals surface area contributed by atoms with Crippen molar-refractivity contribution in [2.24, 2.45) is 0 Å². The molecule has 2 atom stereocenters. The first-order chi connectivity index (χ1) is 8.58. The third kappa shape index (κ3) is 3.22. The molecule has 0 radical (unpaired) electrons. The second kappa shape index (κ2) is 6.00. The number of hydrogen-bond donors (Lipinski definition) is 1. The Kier molecular flexibility index (Phi) is 4.60. The highest BCUT2D eigenvalue weighted by Crippen LogP contribution is 2.24. The largest absolute Gasteiger partial charge is 0.391 e. The quantitative estimate of drug-likeness (QED) is 0.913. The molecule has 0 saturated heterocycles. The highest BCUT2D eigenvalue weighted by molar-refractivity contribution is 6.30. The maximum atomic E-state index is 13.7. The van der Waals surface area contributed by atoms with E-state index in [1.807, 2.05) is 11.9 Å². The van der Waals surface area contributed by atoms with E-state index >= 15 is 0 Å². The second-order valence-electron chi connectivity index (χ2n) is 5.07. The Balaban J connectivity index is 2.03. The molecule has 100 valence electrons. The van der Waals surface area contributed by atoms with E-state index in [9.17, 15) is 9.50 Å². The van der Waals surface area contributed by atoms with Crippen LogP contribution in [0, 0.1) is 5.82 Å². The van der Waals surface area contributed by atoms with Gasteiger partial charge in [0.25, 0.3) is 0 Å². The van der Waals surface area contributed by atoms with Gasteiger partial charge in [0.1, 0.15) is 5.82 Å². The molecule has 18 heavy (non-hydrogen) atoms. The van der Waals surface area contributed by atoms with E-state index < -0.39 is 0 Å². The first kappa shape index (κ1) is 13.8. The van der Waals surface area contributed by atoms with Gasteiger partial charge in [-0.15, -0.1) is 0 Å². The molecule has 2 nitrogen and oxygen atoms in total. The minimum Gasteiger partial charge on any atom is -0.391 e. The molecule has 0 bridgehead atoms. The summed E-state index contributed by atoms with van der Waals surface area (Å²) in [5, 5.41) is 10.4. The van der Waals surface area contributed by atoms with Crippen molar-refractivity contribution in [2.45, 2.75) is 44.4 Å². The molecule has 1 aromatic carbocycles. The van der Waals surface area contributed by atoms with Gasteiger partial charge in [-0.2, -0.15) is 0 Å². The standard InChI is InChI=1S/C14H19ClFNO/c1-17(13-4-2-3-5-14(13)18)9-10-6-7-11(15)8-12(10)16/h6-8,13-14,18H,2-5,9H2,1H3. The molecule has 1 fully saturated rings. The molecule has 1 aliphatic carbocycles. The van der Waals surface area contributed by atoms with Gasteiger partial charge in [0.15, 0.2) is 0 Å². The molecule has 1 aliphatic rings. The Hall–Kier alpha value is -0.640. The lowest BCUT2D eigenvalue weighted by Crippen LogP contribution is -2.43. The molecule has 0 amide bonds. The van der Waals surface area contributed by atoms with Crippen LogP contribution in [0.15, 0.2) is 18.2 Å². The van der Waals surface area contributed by atoms with Gasteiger partial charge >= 0.3 is 0 Å². The highest BCUT2D eigenvalue weighted by atomic mass is 35.5. The number of likely N-dealkylation sites (N-methyl/N-ethyl adjacent to an activating group) is 1. The van der Waals surface area contributed by atoms with Gasteiger partial charge in [0.2, 0.25) is 0 Å². The number of hydrogen-bond acceptors (Lipinski definition) is 2. The highest BCUT2D eigenvalue weighted by Gasteiger charge is 2.26. The molecule has 0 aromatic heterocycles. The van der Waals surface area contributed by atoms with Crippen LogP contribution in [0.3, 0.4) is 0 Å². The van der Waals surface area contributed by atoms with E-state index in [4.69, 9.17) is 11.6 Å². The summed E-state index contributed by atoms with van der Waals surface area (Å²) in [4.78, 5) is 2.04. The van der Waals surface area contributed by atoms with Crippen LogP contribution in [0.2, 0.25) is 5.02 Å². The first-order valence-electron chi connectivity index (χ1n) is 6.40. The molecule has 0 aliphatic heterocycles. The summed E-state index contributed by atoms with van der Waals surface area (Å²) >= 11 is 5.73. The molecule has 0 heterocycles. The van der Waals surface area contributed by atoms with Crippen molar-refractivity contribution in [1.82, 2.24) is 4.90 Å². The number of aliphatic hydroxyl groups excluding tert-OH is 1. The Morgan fingerprint density at radius 1 is 1.39 bits per heavy atom. The fourth-order valence-corrected chi connectivity index (χ4v) is 2.80. The van der Waals surface area contributed by atoms with Crippen LogP contribution >= 0.6 is 11.6 Å². The van der Waals surface area contributed by atoms with Gasteiger partial charge in [0.05, 0.1) is 6.10 Å². The van der Waals surface area contributed by atoms with Crippen LogP contribution in [-0.2, 0) is 6.54 Å². The van der Waals surface area contributed by atoms with E-state index in [1.54, 1.807) is 12.1 Å². The van der Waals surface area contributed by atoms with Crippen molar-refractivity contribution >= 4 is 11.6 Å². The Morgan fingerprint density at radius 2 is 2.11 bits per heavy atom. The Morgan fingerprint density at radius 3 is 2.78 bits per heavy atom. The first-order valence-corrected chi connectivity index (χ1v) is 6.78. The molecular weight excluding hydrogens is 253 g/mol. The van der Waals surface area contributed by atoms with Crippen molar-refractivity contribution in [2.75, 3.05) is 7.05 Å². The monoisotopic (exact) mass is 271 g/mol. The van der Waals surface area contributed by atoms with Gasteiger partial charge in [-0.1, -0.05) is 30.5 Å². The number of halogens is 2. The maximum absolute atomic E-state index is 13.7. The van der Waals surface area contributed by atoms with Crippen LogP contribution < -0.4 is 0 Å². The van der Waals surface area contributed by atoms with Crippen molar-refractivity contribution in [3.63, 3.8) is 0 Å². The van der Waals surface area contributed by atoms with Crippen molar-refractivity contribution in [1.29, 1.82) is 0 Å². The zero-order chi connectivity index (χ0) is 13.1. The molecule has 0 spiro atoms. The van der Waals surface area contributed by atoms with Gasteiger partial charge in [-0.3, -0.25) is 4.90 Å². The number of nitrogens with zero attached hydrogens (tertiary/aromatic N) is 1. The lowest BCUT2D eigenvalue weighted by Gasteiger charge is -2.35. The molecule has 1 aromatic rings. The van der Waals surface area contributed by atoms with E-state index in [0.29, 0.717) is 17.1 Å². The summed E-state index contributed by atoms with van der Waals surface area (Å²) in [6.07, 6.45) is 3.75. The predicted molar refractivity (Wildman–Crippen MR) is 71.1 cm³/mol.